The lowest BCUT2D eigenvalue weighted by atomic mass is 10.2. The predicted octanol–water partition coefficient (Wildman–Crippen LogP) is 2.51. The molecule has 108 valence electrons. The van der Waals surface area contributed by atoms with Crippen molar-refractivity contribution in [2.24, 2.45) is 5.73 Å². The molecule has 5 nitrogen and oxygen atoms in total. The Morgan fingerprint density at radius 2 is 2.00 bits per heavy atom. The summed E-state index contributed by atoms with van der Waals surface area (Å²) in [5.41, 5.74) is 7.54. The summed E-state index contributed by atoms with van der Waals surface area (Å²) in [5.74, 6) is 1.49. The first-order valence-corrected chi connectivity index (χ1v) is 6.67. The summed E-state index contributed by atoms with van der Waals surface area (Å²) in [6.07, 6.45) is 1.96. The van der Waals surface area contributed by atoms with Gasteiger partial charge in [0, 0.05) is 24.8 Å². The standard InChI is InChI=1S/C15H21N3O2/c1-11(2)18-5-4-13(17-18)10-20-15-7-12(9-16)6-14(8-15)19-3/h4-8,11H,9-10,16H2,1-3H3. The fourth-order valence-corrected chi connectivity index (χ4v) is 1.85. The van der Waals surface area contributed by atoms with Crippen LogP contribution in [0.15, 0.2) is 30.5 Å². The van der Waals surface area contributed by atoms with Crippen molar-refractivity contribution in [2.45, 2.75) is 33.0 Å². The summed E-state index contributed by atoms with van der Waals surface area (Å²) in [6.45, 7) is 5.06. The monoisotopic (exact) mass is 275 g/mol. The number of aromatic nitrogens is 2. The van der Waals surface area contributed by atoms with Gasteiger partial charge < -0.3 is 15.2 Å². The Balaban J connectivity index is 2.05. The average molecular weight is 275 g/mol. The van der Waals surface area contributed by atoms with Gasteiger partial charge >= 0.3 is 0 Å². The summed E-state index contributed by atoms with van der Waals surface area (Å²) in [5, 5.41) is 4.45. The van der Waals surface area contributed by atoms with Crippen LogP contribution in [0, 0.1) is 0 Å². The highest BCUT2D eigenvalue weighted by Crippen LogP contribution is 2.23. The highest BCUT2D eigenvalue weighted by Gasteiger charge is 2.05. The van der Waals surface area contributed by atoms with Crippen LogP contribution in [-0.4, -0.2) is 16.9 Å². The van der Waals surface area contributed by atoms with E-state index in [1.807, 2.05) is 35.1 Å². The van der Waals surface area contributed by atoms with Crippen LogP contribution in [0.1, 0.15) is 31.1 Å². The molecule has 2 rings (SSSR count). The van der Waals surface area contributed by atoms with Crippen molar-refractivity contribution >= 4 is 0 Å². The van der Waals surface area contributed by atoms with Gasteiger partial charge in [0.15, 0.2) is 0 Å². The number of hydrogen-bond donors (Lipinski definition) is 1. The van der Waals surface area contributed by atoms with Gasteiger partial charge in [-0.1, -0.05) is 0 Å². The molecule has 2 aromatic rings. The molecule has 0 aliphatic rings. The summed E-state index contributed by atoms with van der Waals surface area (Å²) in [6, 6.07) is 7.98. The molecule has 2 N–H and O–H groups in total. The highest BCUT2D eigenvalue weighted by atomic mass is 16.5. The van der Waals surface area contributed by atoms with Crippen molar-refractivity contribution in [3.8, 4) is 11.5 Å². The van der Waals surface area contributed by atoms with Crippen LogP contribution < -0.4 is 15.2 Å². The lowest BCUT2D eigenvalue weighted by Gasteiger charge is -2.09. The van der Waals surface area contributed by atoms with Crippen LogP contribution in [-0.2, 0) is 13.2 Å². The zero-order valence-electron chi connectivity index (χ0n) is 12.2. The number of methoxy groups -OCH3 is 1. The van der Waals surface area contributed by atoms with Crippen LogP contribution in [0.3, 0.4) is 0 Å². The van der Waals surface area contributed by atoms with Gasteiger partial charge in [-0.05, 0) is 37.6 Å². The quantitative estimate of drug-likeness (QED) is 0.880. The molecule has 20 heavy (non-hydrogen) atoms. The molecule has 0 unspecified atom stereocenters. The molecule has 0 atom stereocenters. The van der Waals surface area contributed by atoms with Gasteiger partial charge in [-0.25, -0.2) is 0 Å². The summed E-state index contributed by atoms with van der Waals surface area (Å²) in [4.78, 5) is 0. The van der Waals surface area contributed by atoms with Gasteiger partial charge in [-0.3, -0.25) is 4.68 Å². The third kappa shape index (κ3) is 3.51. The van der Waals surface area contributed by atoms with Gasteiger partial charge in [-0.15, -0.1) is 0 Å². The minimum absolute atomic E-state index is 0.351. The van der Waals surface area contributed by atoms with E-state index in [1.165, 1.54) is 0 Å². The Kier molecular flexibility index (Phi) is 4.63. The molecule has 0 bridgehead atoms. The molecule has 0 saturated carbocycles. The lowest BCUT2D eigenvalue weighted by Crippen LogP contribution is -2.04. The second-order valence-electron chi connectivity index (χ2n) is 4.89. The van der Waals surface area contributed by atoms with Crippen molar-refractivity contribution in [3.05, 3.63) is 41.7 Å². The third-order valence-corrected chi connectivity index (χ3v) is 2.99. The molecule has 0 amide bonds. The minimum atomic E-state index is 0.351. The molecule has 0 aliphatic heterocycles. The Labute approximate surface area is 119 Å². The van der Waals surface area contributed by atoms with Gasteiger partial charge in [0.1, 0.15) is 18.1 Å². The van der Waals surface area contributed by atoms with E-state index in [1.54, 1.807) is 7.11 Å². The van der Waals surface area contributed by atoms with Crippen molar-refractivity contribution in [3.63, 3.8) is 0 Å². The van der Waals surface area contributed by atoms with E-state index in [4.69, 9.17) is 15.2 Å². The van der Waals surface area contributed by atoms with Gasteiger partial charge in [0.05, 0.1) is 12.8 Å². The molecular weight excluding hydrogens is 254 g/mol. The van der Waals surface area contributed by atoms with Crippen molar-refractivity contribution < 1.29 is 9.47 Å². The number of nitrogens with zero attached hydrogens (tertiary/aromatic N) is 2. The molecule has 1 aromatic heterocycles. The van der Waals surface area contributed by atoms with Gasteiger partial charge in [0.25, 0.3) is 0 Å². The Morgan fingerprint density at radius 1 is 1.25 bits per heavy atom. The van der Waals surface area contributed by atoms with E-state index in [-0.39, 0.29) is 0 Å². The van der Waals surface area contributed by atoms with E-state index < -0.39 is 0 Å². The maximum Gasteiger partial charge on any atom is 0.132 e. The van der Waals surface area contributed by atoms with E-state index >= 15 is 0 Å². The van der Waals surface area contributed by atoms with Crippen LogP contribution in [0.5, 0.6) is 11.5 Å². The van der Waals surface area contributed by atoms with Gasteiger partial charge in [-0.2, -0.15) is 5.10 Å². The fraction of sp³-hybridized carbons (Fsp3) is 0.400. The molecular formula is C15H21N3O2. The fourth-order valence-electron chi connectivity index (χ4n) is 1.85. The largest absolute Gasteiger partial charge is 0.497 e. The normalized spacial score (nSPS) is 10.8. The Bertz CT molecular complexity index is 542. The van der Waals surface area contributed by atoms with Crippen molar-refractivity contribution in [2.75, 3.05) is 7.11 Å². The molecule has 1 heterocycles. The summed E-state index contributed by atoms with van der Waals surface area (Å²) >= 11 is 0. The van der Waals surface area contributed by atoms with Crippen LogP contribution in [0.2, 0.25) is 0 Å². The number of rotatable bonds is 6. The molecule has 0 spiro atoms. The Hall–Kier alpha value is -2.01. The topological polar surface area (TPSA) is 62.3 Å². The summed E-state index contributed by atoms with van der Waals surface area (Å²) < 4.78 is 12.9. The van der Waals surface area contributed by atoms with Crippen LogP contribution in [0.25, 0.3) is 0 Å². The zero-order chi connectivity index (χ0) is 14.5. The van der Waals surface area contributed by atoms with Crippen LogP contribution in [0.4, 0.5) is 0 Å². The average Bonchev–Trinajstić information content (AvgIpc) is 2.93. The number of benzene rings is 1. The predicted molar refractivity (Wildman–Crippen MR) is 77.8 cm³/mol. The van der Waals surface area contributed by atoms with E-state index in [0.717, 1.165) is 22.8 Å². The smallest absolute Gasteiger partial charge is 0.132 e. The molecule has 5 heteroatoms. The maximum atomic E-state index is 5.76. The molecule has 1 aromatic carbocycles. The SMILES string of the molecule is COc1cc(CN)cc(OCc2ccn(C(C)C)n2)c1. The maximum absolute atomic E-state index is 5.76. The molecule has 0 aliphatic carbocycles. The zero-order valence-corrected chi connectivity index (χ0v) is 12.2. The van der Waals surface area contributed by atoms with E-state index in [0.29, 0.717) is 19.2 Å². The number of ether oxygens (including phenoxy) is 2. The summed E-state index contributed by atoms with van der Waals surface area (Å²) in [7, 11) is 1.63. The second-order valence-corrected chi connectivity index (χ2v) is 4.89. The first-order valence-electron chi connectivity index (χ1n) is 6.67. The van der Waals surface area contributed by atoms with Crippen molar-refractivity contribution in [1.29, 1.82) is 0 Å². The van der Waals surface area contributed by atoms with E-state index in [9.17, 15) is 0 Å². The third-order valence-electron chi connectivity index (χ3n) is 2.99. The first-order chi connectivity index (χ1) is 9.62. The second kappa shape index (κ2) is 6.43. The van der Waals surface area contributed by atoms with Crippen molar-refractivity contribution in [1.82, 2.24) is 9.78 Å². The minimum Gasteiger partial charge on any atom is -0.497 e. The molecule has 0 fully saturated rings. The van der Waals surface area contributed by atoms with E-state index in [2.05, 4.69) is 18.9 Å². The Morgan fingerprint density at radius 3 is 2.60 bits per heavy atom. The molecule has 0 saturated heterocycles. The number of hydrogen-bond acceptors (Lipinski definition) is 4. The number of nitrogens with two attached hydrogens (primary N) is 1. The van der Waals surface area contributed by atoms with Crippen LogP contribution >= 0.6 is 0 Å². The van der Waals surface area contributed by atoms with Gasteiger partial charge in [0.2, 0.25) is 0 Å². The lowest BCUT2D eigenvalue weighted by molar-refractivity contribution is 0.296. The highest BCUT2D eigenvalue weighted by molar-refractivity contribution is 5.38. The first kappa shape index (κ1) is 14.4. The molecule has 0 radical (unpaired) electrons.